The van der Waals surface area contributed by atoms with Crippen LogP contribution in [0.5, 0.6) is 0 Å². The third-order valence-electron chi connectivity index (χ3n) is 3.18. The predicted octanol–water partition coefficient (Wildman–Crippen LogP) is 1.66. The smallest absolute Gasteiger partial charge is 0.339 e. The molecule has 1 aliphatic heterocycles. The minimum atomic E-state index is -4.17. The lowest BCUT2D eigenvalue weighted by Crippen LogP contribution is -2.35. The first-order valence-corrected chi connectivity index (χ1v) is 8.33. The van der Waals surface area contributed by atoms with Gasteiger partial charge in [0.2, 0.25) is 10.0 Å². The van der Waals surface area contributed by atoms with Gasteiger partial charge in [-0.05, 0) is 25.0 Å². The fourth-order valence-electron chi connectivity index (χ4n) is 2.05. The first-order chi connectivity index (χ1) is 9.74. The second-order valence-electron chi connectivity index (χ2n) is 4.66. The van der Waals surface area contributed by atoms with Crippen molar-refractivity contribution >= 4 is 31.9 Å². The number of hydrogen-bond acceptors (Lipinski definition) is 4. The molecule has 0 spiro atoms. The minimum Gasteiger partial charge on any atom is -0.478 e. The Morgan fingerprint density at radius 3 is 2.76 bits per heavy atom. The van der Waals surface area contributed by atoms with Crippen molar-refractivity contribution in [3.63, 3.8) is 0 Å². The number of sulfonamides is 1. The number of hydrogen-bond donors (Lipinski definition) is 2. The first-order valence-electron chi connectivity index (χ1n) is 6.06. The molecule has 0 radical (unpaired) electrons. The molecule has 0 saturated carbocycles. The molecule has 1 fully saturated rings. The Kier molecular flexibility index (Phi) is 4.66. The van der Waals surface area contributed by atoms with E-state index in [1.165, 1.54) is 6.92 Å². The molecule has 1 aliphatic rings. The summed E-state index contributed by atoms with van der Waals surface area (Å²) < 4.78 is 46.3. The van der Waals surface area contributed by atoms with Crippen LogP contribution in [-0.2, 0) is 14.8 Å². The highest BCUT2D eigenvalue weighted by Gasteiger charge is 2.30. The van der Waals surface area contributed by atoms with Gasteiger partial charge < -0.3 is 9.84 Å². The maximum Gasteiger partial charge on any atom is 0.339 e. The highest BCUT2D eigenvalue weighted by atomic mass is 79.9. The molecule has 2 N–H and O–H groups in total. The second kappa shape index (κ2) is 5.99. The summed E-state index contributed by atoms with van der Waals surface area (Å²) in [6.07, 6.45) is 0.486. The summed E-state index contributed by atoms with van der Waals surface area (Å²) in [6, 6.07) is 0.623. The Balaban J connectivity index is 2.50. The summed E-state index contributed by atoms with van der Waals surface area (Å²) in [5.74, 6) is -2.79. The molecule has 21 heavy (non-hydrogen) atoms. The molecule has 0 aliphatic carbocycles. The number of carboxylic acid groups (broad SMARTS) is 1. The summed E-state index contributed by atoms with van der Waals surface area (Å²) in [6.45, 7) is 2.03. The number of rotatable bonds is 4. The van der Waals surface area contributed by atoms with Crippen molar-refractivity contribution in [3.05, 3.63) is 27.5 Å². The summed E-state index contributed by atoms with van der Waals surface area (Å²) >= 11 is 3.06. The normalized spacial score (nSPS) is 18.9. The monoisotopic (exact) mass is 381 g/mol. The molecule has 9 heteroatoms. The van der Waals surface area contributed by atoms with Crippen LogP contribution in [0.4, 0.5) is 4.39 Å². The van der Waals surface area contributed by atoms with E-state index in [1.807, 2.05) is 0 Å². The maximum atomic E-state index is 14.3. The van der Waals surface area contributed by atoms with E-state index in [4.69, 9.17) is 9.84 Å². The van der Waals surface area contributed by atoms with Gasteiger partial charge in [0.15, 0.2) is 5.82 Å². The van der Waals surface area contributed by atoms with E-state index in [9.17, 15) is 17.6 Å². The van der Waals surface area contributed by atoms with Crippen molar-refractivity contribution in [2.45, 2.75) is 24.3 Å². The van der Waals surface area contributed by atoms with Gasteiger partial charge in [-0.3, -0.25) is 0 Å². The SMILES string of the molecule is Cc1c(Br)cc(S(=O)(=O)N[C@H]2CCOC2)c(F)c1C(=O)O. The van der Waals surface area contributed by atoms with Crippen LogP contribution in [-0.4, -0.2) is 38.7 Å². The second-order valence-corrected chi connectivity index (χ2v) is 7.19. The van der Waals surface area contributed by atoms with Crippen LogP contribution in [0, 0.1) is 12.7 Å². The molecule has 1 aromatic carbocycles. The molecule has 0 bridgehead atoms. The van der Waals surface area contributed by atoms with Gasteiger partial charge in [0.05, 0.1) is 6.61 Å². The van der Waals surface area contributed by atoms with Crippen LogP contribution < -0.4 is 4.72 Å². The largest absolute Gasteiger partial charge is 0.478 e. The Bertz CT molecular complexity index is 685. The zero-order valence-electron chi connectivity index (χ0n) is 11.0. The van der Waals surface area contributed by atoms with Crippen LogP contribution in [0.2, 0.25) is 0 Å². The Hall–Kier alpha value is -1.03. The van der Waals surface area contributed by atoms with Crippen LogP contribution in [0.15, 0.2) is 15.4 Å². The molecule has 116 valence electrons. The molecule has 1 atom stereocenters. The van der Waals surface area contributed by atoms with Gasteiger partial charge in [0, 0.05) is 17.1 Å². The lowest BCUT2D eigenvalue weighted by Gasteiger charge is -2.14. The van der Waals surface area contributed by atoms with Crippen LogP contribution in [0.3, 0.4) is 0 Å². The molecule has 2 rings (SSSR count). The minimum absolute atomic E-state index is 0.128. The quantitative estimate of drug-likeness (QED) is 0.827. The lowest BCUT2D eigenvalue weighted by atomic mass is 10.1. The van der Waals surface area contributed by atoms with E-state index >= 15 is 0 Å². The highest BCUT2D eigenvalue weighted by Crippen LogP contribution is 2.29. The maximum absolute atomic E-state index is 14.3. The van der Waals surface area contributed by atoms with Crippen molar-refractivity contribution in [2.24, 2.45) is 0 Å². The van der Waals surface area contributed by atoms with Gasteiger partial charge in [0.1, 0.15) is 10.5 Å². The molecule has 6 nitrogen and oxygen atoms in total. The molecule has 1 saturated heterocycles. The van der Waals surface area contributed by atoms with Gasteiger partial charge in [0.25, 0.3) is 0 Å². The summed E-state index contributed by atoms with van der Waals surface area (Å²) in [7, 11) is -4.17. The third-order valence-corrected chi connectivity index (χ3v) is 5.53. The van der Waals surface area contributed by atoms with Gasteiger partial charge in [-0.2, -0.15) is 0 Å². The van der Waals surface area contributed by atoms with Crippen molar-refractivity contribution in [1.29, 1.82) is 0 Å². The molecule has 0 unspecified atom stereocenters. The molecule has 1 heterocycles. The summed E-state index contributed by atoms with van der Waals surface area (Å²) in [4.78, 5) is 10.4. The number of nitrogens with one attached hydrogen (secondary N) is 1. The fraction of sp³-hybridized carbons (Fsp3) is 0.417. The number of aromatic carboxylic acids is 1. The fourth-order valence-corrected chi connectivity index (χ4v) is 4.00. The highest BCUT2D eigenvalue weighted by molar-refractivity contribution is 9.10. The van der Waals surface area contributed by atoms with E-state index in [0.29, 0.717) is 13.0 Å². The molecule has 0 amide bonds. The standard InChI is InChI=1S/C12H13BrFNO5S/c1-6-8(13)4-9(11(14)10(6)12(16)17)21(18,19)15-7-2-3-20-5-7/h4,7,15H,2-3,5H2,1H3,(H,16,17)/t7-/m0/s1. The zero-order valence-corrected chi connectivity index (χ0v) is 13.4. The summed E-state index contributed by atoms with van der Waals surface area (Å²) in [5.41, 5.74) is -0.532. The predicted molar refractivity (Wildman–Crippen MR) is 75.3 cm³/mol. The average Bonchev–Trinajstić information content (AvgIpc) is 2.85. The van der Waals surface area contributed by atoms with Gasteiger partial charge in [-0.1, -0.05) is 15.9 Å². The molecular weight excluding hydrogens is 369 g/mol. The van der Waals surface area contributed by atoms with E-state index in [-0.39, 0.29) is 16.6 Å². The first kappa shape index (κ1) is 16.3. The Labute approximate surface area is 129 Å². The Morgan fingerprint density at radius 2 is 2.24 bits per heavy atom. The van der Waals surface area contributed by atoms with Crippen molar-refractivity contribution in [2.75, 3.05) is 13.2 Å². The van der Waals surface area contributed by atoms with E-state index in [1.54, 1.807) is 0 Å². The van der Waals surface area contributed by atoms with Crippen LogP contribution in [0.1, 0.15) is 22.3 Å². The third kappa shape index (κ3) is 3.25. The molecule has 0 aromatic heterocycles. The van der Waals surface area contributed by atoms with Crippen LogP contribution in [0.25, 0.3) is 0 Å². The van der Waals surface area contributed by atoms with Gasteiger partial charge in [-0.15, -0.1) is 0 Å². The number of halogens is 2. The van der Waals surface area contributed by atoms with E-state index < -0.39 is 38.3 Å². The zero-order chi connectivity index (χ0) is 15.8. The number of carboxylic acids is 1. The van der Waals surface area contributed by atoms with E-state index in [2.05, 4.69) is 20.7 Å². The number of benzene rings is 1. The van der Waals surface area contributed by atoms with Crippen molar-refractivity contribution in [1.82, 2.24) is 4.72 Å². The van der Waals surface area contributed by atoms with Crippen molar-refractivity contribution in [3.8, 4) is 0 Å². The van der Waals surface area contributed by atoms with Gasteiger partial charge >= 0.3 is 5.97 Å². The topological polar surface area (TPSA) is 92.7 Å². The Morgan fingerprint density at radius 1 is 1.57 bits per heavy atom. The summed E-state index contributed by atoms with van der Waals surface area (Å²) in [5, 5.41) is 9.05. The van der Waals surface area contributed by atoms with Crippen molar-refractivity contribution < 1.29 is 27.4 Å². The van der Waals surface area contributed by atoms with Crippen LogP contribution >= 0.6 is 15.9 Å². The molecular formula is C12H13BrFNO5S. The lowest BCUT2D eigenvalue weighted by molar-refractivity contribution is 0.0690. The average molecular weight is 382 g/mol. The number of ether oxygens (including phenoxy) is 1. The van der Waals surface area contributed by atoms with Gasteiger partial charge in [-0.25, -0.2) is 22.3 Å². The van der Waals surface area contributed by atoms with E-state index in [0.717, 1.165) is 6.07 Å². The number of carbonyl (C=O) groups is 1. The molecule has 1 aromatic rings.